The van der Waals surface area contributed by atoms with Crippen molar-refractivity contribution in [3.05, 3.63) is 47.5 Å². The number of rotatable bonds is 6. The summed E-state index contributed by atoms with van der Waals surface area (Å²) in [7, 11) is 5.96. The van der Waals surface area contributed by atoms with Gasteiger partial charge in [-0.25, -0.2) is 0 Å². The maximum Gasteiger partial charge on any atom is 0.269 e. The molecule has 7 heteroatoms. The molecule has 1 amide bonds. The Kier molecular flexibility index (Phi) is 5.68. The van der Waals surface area contributed by atoms with E-state index in [1.807, 2.05) is 32.3 Å². The van der Waals surface area contributed by atoms with E-state index in [1.165, 1.54) is 5.56 Å². The van der Waals surface area contributed by atoms with Crippen molar-refractivity contribution in [2.45, 2.75) is 19.5 Å². The minimum atomic E-state index is -0.0508. The Labute approximate surface area is 155 Å². The maximum atomic E-state index is 12.7. The van der Waals surface area contributed by atoms with E-state index in [-0.39, 0.29) is 11.9 Å². The van der Waals surface area contributed by atoms with Gasteiger partial charge in [0.05, 0.1) is 5.69 Å². The third-order valence-electron chi connectivity index (χ3n) is 4.80. The molecule has 0 radical (unpaired) electrons. The molecular weight excluding hydrogens is 328 g/mol. The number of aryl methyl sites for hydroxylation is 2. The van der Waals surface area contributed by atoms with E-state index >= 15 is 0 Å². The number of hydrogen-bond donors (Lipinski definition) is 1. The van der Waals surface area contributed by atoms with Gasteiger partial charge < -0.3 is 10.2 Å². The molecule has 0 saturated carbocycles. The molecule has 1 aliphatic rings. The van der Waals surface area contributed by atoms with Gasteiger partial charge in [0.1, 0.15) is 5.69 Å². The first-order valence-electron chi connectivity index (χ1n) is 9.00. The lowest BCUT2D eigenvalue weighted by Gasteiger charge is -2.22. The lowest BCUT2D eigenvalue weighted by molar-refractivity contribution is 0.0917. The fourth-order valence-electron chi connectivity index (χ4n) is 3.72. The van der Waals surface area contributed by atoms with Crippen LogP contribution in [0.5, 0.6) is 0 Å². The lowest BCUT2D eigenvalue weighted by atomic mass is 10.0. The fourth-order valence-corrected chi connectivity index (χ4v) is 3.72. The molecule has 2 aromatic rings. The zero-order chi connectivity index (χ0) is 18.7. The van der Waals surface area contributed by atoms with E-state index in [0.717, 1.165) is 31.9 Å². The van der Waals surface area contributed by atoms with Crippen molar-refractivity contribution in [3.8, 4) is 0 Å². The molecule has 0 spiro atoms. The van der Waals surface area contributed by atoms with Gasteiger partial charge >= 0.3 is 0 Å². The first-order valence-corrected chi connectivity index (χ1v) is 9.00. The van der Waals surface area contributed by atoms with Crippen LogP contribution < -0.4 is 5.32 Å². The summed E-state index contributed by atoms with van der Waals surface area (Å²) in [6, 6.07) is 6.01. The van der Waals surface area contributed by atoms with Crippen molar-refractivity contribution in [2.24, 2.45) is 13.0 Å². The van der Waals surface area contributed by atoms with Crippen molar-refractivity contribution >= 4 is 5.91 Å². The van der Waals surface area contributed by atoms with Crippen molar-refractivity contribution in [2.75, 3.05) is 33.7 Å². The number of aromatic nitrogens is 3. The van der Waals surface area contributed by atoms with E-state index in [9.17, 15) is 4.79 Å². The predicted molar refractivity (Wildman–Crippen MR) is 101 cm³/mol. The Hall–Kier alpha value is -2.25. The summed E-state index contributed by atoms with van der Waals surface area (Å²) in [5, 5.41) is 7.51. The molecule has 1 fully saturated rings. The normalized spacial score (nSPS) is 20.7. The average molecular weight is 356 g/mol. The van der Waals surface area contributed by atoms with Gasteiger partial charge in [-0.1, -0.05) is 6.07 Å². The first-order chi connectivity index (χ1) is 12.4. The summed E-state index contributed by atoms with van der Waals surface area (Å²) in [6.07, 6.45) is 3.70. The average Bonchev–Trinajstić information content (AvgIpc) is 3.10. The summed E-state index contributed by atoms with van der Waals surface area (Å²) < 4.78 is 1.65. The number of likely N-dealkylation sites (tertiary alicyclic amines) is 1. The largest absolute Gasteiger partial charge is 0.346 e. The van der Waals surface area contributed by atoms with E-state index in [1.54, 1.807) is 10.9 Å². The number of hydrogen-bond acceptors (Lipinski definition) is 5. The van der Waals surface area contributed by atoms with Gasteiger partial charge in [0.25, 0.3) is 5.91 Å². The maximum absolute atomic E-state index is 12.7. The molecule has 2 aromatic heterocycles. The summed E-state index contributed by atoms with van der Waals surface area (Å²) in [5.41, 5.74) is 2.66. The molecule has 0 unspecified atom stereocenters. The van der Waals surface area contributed by atoms with Crippen LogP contribution in [0.2, 0.25) is 0 Å². The number of nitrogens with one attached hydrogen (secondary N) is 1. The minimum Gasteiger partial charge on any atom is -0.346 e. The quantitative estimate of drug-likeness (QED) is 0.834. The summed E-state index contributed by atoms with van der Waals surface area (Å²) in [6.45, 7) is 5.50. The number of carbonyl (C=O) groups excluding carboxylic acids is 1. The smallest absolute Gasteiger partial charge is 0.269 e. The highest BCUT2D eigenvalue weighted by Gasteiger charge is 2.34. The van der Waals surface area contributed by atoms with Crippen LogP contribution in [0.1, 0.15) is 21.7 Å². The standard InChI is InChI=1S/C19H28N6O/c1-14-8-18(24(4)22-14)19(26)21-17-13-25(12-16(17)11-23(2)3)10-15-6-5-7-20-9-15/h5-9,16-17H,10-13H2,1-4H3,(H,21,26)/t16-,17-/m1/s1. The second kappa shape index (κ2) is 7.97. The van der Waals surface area contributed by atoms with Gasteiger partial charge in [-0.15, -0.1) is 0 Å². The highest BCUT2D eigenvalue weighted by Crippen LogP contribution is 2.20. The van der Waals surface area contributed by atoms with Gasteiger partial charge in [-0.05, 0) is 38.7 Å². The Balaban J connectivity index is 1.68. The zero-order valence-corrected chi connectivity index (χ0v) is 16.0. The van der Waals surface area contributed by atoms with Gasteiger partial charge in [-0.2, -0.15) is 5.10 Å². The zero-order valence-electron chi connectivity index (χ0n) is 16.0. The monoisotopic (exact) mass is 356 g/mol. The molecule has 7 nitrogen and oxygen atoms in total. The molecule has 1 aliphatic heterocycles. The SMILES string of the molecule is Cc1cc(C(=O)N[C@@H]2CN(Cc3cccnc3)C[C@H]2CN(C)C)n(C)n1. The summed E-state index contributed by atoms with van der Waals surface area (Å²) in [5.74, 6) is 0.338. The van der Waals surface area contributed by atoms with Crippen molar-refractivity contribution in [1.29, 1.82) is 0 Å². The molecule has 3 rings (SSSR count). The summed E-state index contributed by atoms with van der Waals surface area (Å²) in [4.78, 5) is 21.5. The first kappa shape index (κ1) is 18.5. The third-order valence-corrected chi connectivity index (χ3v) is 4.80. The number of nitrogens with zero attached hydrogens (tertiary/aromatic N) is 5. The van der Waals surface area contributed by atoms with Crippen LogP contribution in [0, 0.1) is 12.8 Å². The van der Waals surface area contributed by atoms with Crippen molar-refractivity contribution < 1.29 is 4.79 Å². The highest BCUT2D eigenvalue weighted by molar-refractivity contribution is 5.92. The van der Waals surface area contributed by atoms with Gasteiger partial charge in [0.15, 0.2) is 0 Å². The fraction of sp³-hybridized carbons (Fsp3) is 0.526. The van der Waals surface area contributed by atoms with Crippen molar-refractivity contribution in [3.63, 3.8) is 0 Å². The molecule has 2 atom stereocenters. The van der Waals surface area contributed by atoms with Crippen LogP contribution in [0.3, 0.4) is 0 Å². The molecule has 0 aromatic carbocycles. The number of pyridine rings is 1. The van der Waals surface area contributed by atoms with E-state index in [4.69, 9.17) is 0 Å². The van der Waals surface area contributed by atoms with Crippen LogP contribution in [0.4, 0.5) is 0 Å². The van der Waals surface area contributed by atoms with Crippen LogP contribution in [-0.4, -0.2) is 70.2 Å². The van der Waals surface area contributed by atoms with Crippen LogP contribution in [-0.2, 0) is 13.6 Å². The third kappa shape index (κ3) is 4.47. The molecule has 0 bridgehead atoms. The topological polar surface area (TPSA) is 66.3 Å². The van der Waals surface area contributed by atoms with E-state index in [0.29, 0.717) is 11.6 Å². The Morgan fingerprint density at radius 3 is 2.81 bits per heavy atom. The molecular formula is C19H28N6O. The van der Waals surface area contributed by atoms with Crippen molar-refractivity contribution in [1.82, 2.24) is 29.9 Å². The van der Waals surface area contributed by atoms with E-state index in [2.05, 4.69) is 45.4 Å². The van der Waals surface area contributed by atoms with Gasteiger partial charge in [-0.3, -0.25) is 19.4 Å². The molecule has 1 N–H and O–H groups in total. The second-order valence-electron chi connectivity index (χ2n) is 7.45. The highest BCUT2D eigenvalue weighted by atomic mass is 16.2. The Morgan fingerprint density at radius 1 is 1.38 bits per heavy atom. The Morgan fingerprint density at radius 2 is 2.19 bits per heavy atom. The molecule has 3 heterocycles. The second-order valence-corrected chi connectivity index (χ2v) is 7.45. The van der Waals surface area contributed by atoms with Gasteiger partial charge in [0, 0.05) is 57.6 Å². The molecule has 0 aliphatic carbocycles. The van der Waals surface area contributed by atoms with Crippen LogP contribution in [0.25, 0.3) is 0 Å². The lowest BCUT2D eigenvalue weighted by Crippen LogP contribution is -2.43. The number of amides is 1. The number of carbonyl (C=O) groups is 1. The van der Waals surface area contributed by atoms with E-state index < -0.39 is 0 Å². The molecule has 26 heavy (non-hydrogen) atoms. The predicted octanol–water partition coefficient (Wildman–Crippen LogP) is 0.916. The van der Waals surface area contributed by atoms with Crippen LogP contribution >= 0.6 is 0 Å². The summed E-state index contributed by atoms with van der Waals surface area (Å²) >= 11 is 0. The molecule has 140 valence electrons. The van der Waals surface area contributed by atoms with Crippen LogP contribution in [0.15, 0.2) is 30.6 Å². The van der Waals surface area contributed by atoms with Gasteiger partial charge in [0.2, 0.25) is 0 Å². The minimum absolute atomic E-state index is 0.0508. The molecule has 1 saturated heterocycles. The Bertz CT molecular complexity index is 742.